The summed E-state index contributed by atoms with van der Waals surface area (Å²) in [7, 11) is -1.15. The Hall–Kier alpha value is -7.17. The quantitative estimate of drug-likeness (QED) is 0.0139. The summed E-state index contributed by atoms with van der Waals surface area (Å²) in [6, 6.07) is 22.8. The van der Waals surface area contributed by atoms with Crippen LogP contribution in [0, 0.1) is 5.92 Å². The molecule has 27 nitrogen and oxygen atoms in total. The number of hydrogen-bond acceptors (Lipinski definition) is 22. The van der Waals surface area contributed by atoms with Gasteiger partial charge in [-0.05, 0) is 68.7 Å². The number of fused-ring (bicyclic) bond motifs is 1. The number of H-pyrrole nitrogens is 1. The summed E-state index contributed by atoms with van der Waals surface area (Å²) in [4.78, 5) is 86.5. The first-order chi connectivity index (χ1) is 42.5. The number of methoxy groups -OCH3 is 2. The normalized spacial score (nSPS) is 21.0. The van der Waals surface area contributed by atoms with E-state index in [1.54, 1.807) is 37.3 Å². The van der Waals surface area contributed by atoms with Gasteiger partial charge in [-0.25, -0.2) is 14.2 Å². The van der Waals surface area contributed by atoms with Crippen molar-refractivity contribution in [1.82, 2.24) is 29.5 Å². The van der Waals surface area contributed by atoms with Gasteiger partial charge in [0.15, 0.2) is 29.7 Å². The van der Waals surface area contributed by atoms with Crippen molar-refractivity contribution in [3.8, 4) is 11.5 Å². The van der Waals surface area contributed by atoms with Crippen LogP contribution in [0.1, 0.15) is 98.6 Å². The van der Waals surface area contributed by atoms with Crippen LogP contribution in [0.15, 0.2) is 90.0 Å². The number of rotatable bonds is 32. The third-order valence-corrected chi connectivity index (χ3v) is 16.9. The summed E-state index contributed by atoms with van der Waals surface area (Å²) in [5, 5.41) is 5.31. The molecule has 2 fully saturated rings. The van der Waals surface area contributed by atoms with E-state index in [9.17, 15) is 28.8 Å². The molecule has 3 N–H and O–H groups in total. The lowest BCUT2D eigenvalue weighted by molar-refractivity contribution is -0.279. The van der Waals surface area contributed by atoms with E-state index in [1.165, 1.54) is 20.2 Å². The fraction of sp³-hybridized carbons (Fsp3) is 0.541. The lowest BCUT2D eigenvalue weighted by Gasteiger charge is -2.44. The number of ether oxygens (including phenoxy) is 11. The summed E-state index contributed by atoms with van der Waals surface area (Å²) in [5.41, 5.74) is 0.439. The van der Waals surface area contributed by atoms with Gasteiger partial charge in [0.2, 0.25) is 17.8 Å². The molecule has 0 spiro atoms. The molecule has 2 saturated heterocycles. The predicted octanol–water partition coefficient (Wildman–Crippen LogP) is 6.36. The summed E-state index contributed by atoms with van der Waals surface area (Å²) in [6.45, 7) is 14.8. The van der Waals surface area contributed by atoms with Gasteiger partial charge in [0, 0.05) is 52.1 Å². The maximum Gasteiger partial charge on any atom is 0.409 e. The minimum atomic E-state index is -4.33. The number of aromatic amines is 1. The molecule has 2 amide bonds. The Balaban J connectivity index is 1.10. The Morgan fingerprint density at radius 3 is 1.85 bits per heavy atom. The smallest absolute Gasteiger partial charge is 0.409 e. The van der Waals surface area contributed by atoms with Crippen LogP contribution in [0.5, 0.6) is 11.5 Å². The van der Waals surface area contributed by atoms with E-state index in [0.29, 0.717) is 11.5 Å². The van der Waals surface area contributed by atoms with Gasteiger partial charge in [0.05, 0.1) is 66.8 Å². The second kappa shape index (κ2) is 32.0. The molecule has 28 heteroatoms. The van der Waals surface area contributed by atoms with Gasteiger partial charge < -0.3 is 57.4 Å². The third kappa shape index (κ3) is 17.8. The van der Waals surface area contributed by atoms with Crippen LogP contribution in [-0.2, 0) is 85.8 Å². The maximum absolute atomic E-state index is 15.8. The monoisotopic (exact) mass is 1260 g/mol. The van der Waals surface area contributed by atoms with E-state index in [-0.39, 0.29) is 87.8 Å². The zero-order valence-electron chi connectivity index (χ0n) is 52.2. The van der Waals surface area contributed by atoms with Crippen molar-refractivity contribution in [2.24, 2.45) is 5.92 Å². The molecule has 2 aromatic heterocycles. The van der Waals surface area contributed by atoms with Gasteiger partial charge in [-0.3, -0.25) is 52.7 Å². The molecule has 0 aliphatic carbocycles. The molecule has 3 aromatic carbocycles. The van der Waals surface area contributed by atoms with Crippen molar-refractivity contribution in [3.05, 3.63) is 112 Å². The number of nitrogens with one attached hydrogen (secondary N) is 3. The molecule has 2 aliphatic heterocycles. The molecule has 89 heavy (non-hydrogen) atoms. The van der Waals surface area contributed by atoms with Gasteiger partial charge in [0.1, 0.15) is 54.3 Å². The van der Waals surface area contributed by atoms with Crippen molar-refractivity contribution in [1.29, 1.82) is 0 Å². The van der Waals surface area contributed by atoms with E-state index >= 15 is 4.57 Å². The molecular formula is C61H82N7O20P. The van der Waals surface area contributed by atoms with Crippen LogP contribution in [0.4, 0.5) is 5.95 Å². The zero-order valence-corrected chi connectivity index (χ0v) is 53.1. The minimum absolute atomic E-state index is 0.00715. The van der Waals surface area contributed by atoms with E-state index in [4.69, 9.17) is 61.2 Å². The lowest BCUT2D eigenvalue weighted by atomic mass is 9.80. The zero-order chi connectivity index (χ0) is 64.6. The Morgan fingerprint density at radius 1 is 0.730 bits per heavy atom. The van der Waals surface area contributed by atoms with Crippen molar-refractivity contribution in [2.75, 3.05) is 72.4 Å². The van der Waals surface area contributed by atoms with Gasteiger partial charge in [-0.2, -0.15) is 4.98 Å². The average molecular weight is 1260 g/mol. The van der Waals surface area contributed by atoms with E-state index in [0.717, 1.165) is 30.5 Å². The second-order valence-electron chi connectivity index (χ2n) is 21.9. The molecule has 0 bridgehead atoms. The number of imidazole rings is 1. The Labute approximate surface area is 516 Å². The fourth-order valence-electron chi connectivity index (χ4n) is 10.5. The van der Waals surface area contributed by atoms with Crippen LogP contribution in [0.3, 0.4) is 0 Å². The van der Waals surface area contributed by atoms with Gasteiger partial charge in [-0.15, -0.1) is 0 Å². The number of carbonyl (C=O) groups excluding carboxylic acids is 5. The van der Waals surface area contributed by atoms with E-state index in [2.05, 4.69) is 25.6 Å². The minimum Gasteiger partial charge on any atom is -0.497 e. The maximum atomic E-state index is 15.8. The van der Waals surface area contributed by atoms with Crippen LogP contribution in [0.25, 0.3) is 11.2 Å². The SMILES string of the molecule is COc1ccc(C(OC[C@H]2O[C@@H](n3cnc4c(=O)[nH]c(NC(=O)C(C)C)nc43)C[C@@H]2OP(=O)(OCCOCCOCCO[C@@H]2O[C@H](COC(C)=O)[C@H](OC(C)=O)[C@H](OC(C)=O)[C@H]2NC(C)=O)N(C(C)C)C(C)C)(c2ccccc2)c2ccc(OC)cc2)cc1. The van der Waals surface area contributed by atoms with Crippen molar-refractivity contribution >= 4 is 54.6 Å². The second-order valence-corrected chi connectivity index (χ2v) is 23.8. The Bertz CT molecular complexity index is 3200. The molecule has 1 unspecified atom stereocenters. The summed E-state index contributed by atoms with van der Waals surface area (Å²) in [5.74, 6) is -2.28. The molecule has 5 aromatic rings. The summed E-state index contributed by atoms with van der Waals surface area (Å²) < 4.78 is 97.6. The summed E-state index contributed by atoms with van der Waals surface area (Å²) >= 11 is 0. The number of nitrogens with zero attached hydrogens (tertiary/aromatic N) is 4. The van der Waals surface area contributed by atoms with E-state index < -0.39 is 104 Å². The van der Waals surface area contributed by atoms with Crippen LogP contribution in [0.2, 0.25) is 0 Å². The highest BCUT2D eigenvalue weighted by Crippen LogP contribution is 2.57. The molecule has 9 atom stereocenters. The van der Waals surface area contributed by atoms with Gasteiger partial charge in [0.25, 0.3) is 5.56 Å². The van der Waals surface area contributed by atoms with E-state index in [1.807, 2.05) is 107 Å². The number of esters is 3. The standard InChI is InChI=1S/C61H82N7O20P/c1-36(2)57(73)65-60-64-56-53(58(74)66-60)62-35-67(56)51-32-48(49(86-51)34-82-61(43-16-14-13-15-17-43,44-18-22-46(76-11)23-19-44)45-20-24-47(77-12)25-21-45)88-89(75,68(37(3)4)38(5)6)83-31-29-79-27-26-78-28-30-80-59-52(63-39(7)69)55(85-42(10)72)54(84-41(9)71)50(87-59)33-81-40(8)70/h13-25,35-38,48-52,54-55,59H,26-34H2,1-12H3,(H,63,69)(H2,64,65,66,73,74)/t48-,49+,50+,51+,52+,54-,55+,59+,89?/m0/s1. The molecule has 7 rings (SSSR count). The van der Waals surface area contributed by atoms with Crippen molar-refractivity contribution < 1.29 is 89.7 Å². The van der Waals surface area contributed by atoms with Crippen LogP contribution < -0.4 is 25.7 Å². The number of benzene rings is 3. The van der Waals surface area contributed by atoms with Crippen LogP contribution in [-0.4, -0.2) is 176 Å². The fourth-order valence-corrected chi connectivity index (χ4v) is 12.8. The van der Waals surface area contributed by atoms with Crippen LogP contribution >= 0.6 is 7.75 Å². The molecule has 0 radical (unpaired) electrons. The highest BCUT2D eigenvalue weighted by atomic mass is 31.2. The first kappa shape index (κ1) is 69.3. The Morgan fingerprint density at radius 2 is 1.30 bits per heavy atom. The molecular weight excluding hydrogens is 1180 g/mol. The first-order valence-electron chi connectivity index (χ1n) is 29.3. The largest absolute Gasteiger partial charge is 0.497 e. The molecule has 2 aliphatic rings. The number of carbonyl (C=O) groups is 5. The topological polar surface area (TPSA) is 313 Å². The van der Waals surface area contributed by atoms with Crippen molar-refractivity contribution in [2.45, 2.75) is 142 Å². The third-order valence-electron chi connectivity index (χ3n) is 14.4. The van der Waals surface area contributed by atoms with Gasteiger partial charge in [-0.1, -0.05) is 68.4 Å². The number of amides is 2. The lowest BCUT2D eigenvalue weighted by Crippen LogP contribution is -2.66. The summed E-state index contributed by atoms with van der Waals surface area (Å²) in [6.07, 6.45) is -6.53. The number of hydrogen-bond donors (Lipinski definition) is 3. The number of anilines is 1. The molecule has 486 valence electrons. The highest BCUT2D eigenvalue weighted by molar-refractivity contribution is 7.51. The predicted molar refractivity (Wildman–Crippen MR) is 321 cm³/mol. The Kier molecular flexibility index (Phi) is 24.9. The van der Waals surface area contributed by atoms with Gasteiger partial charge >= 0.3 is 25.7 Å². The highest BCUT2D eigenvalue weighted by Gasteiger charge is 2.52. The first-order valence-corrected chi connectivity index (χ1v) is 30.8. The molecule has 0 saturated carbocycles. The average Bonchev–Trinajstić information content (AvgIpc) is 2.04. The van der Waals surface area contributed by atoms with Crippen molar-refractivity contribution in [3.63, 3.8) is 0 Å². The molecule has 4 heterocycles. The number of aromatic nitrogens is 4.